The number of rotatable bonds is 3. The van der Waals surface area contributed by atoms with Crippen LogP contribution in [-0.4, -0.2) is 33.4 Å². The maximum absolute atomic E-state index is 11.8. The third-order valence-electron chi connectivity index (χ3n) is 3.82. The third-order valence-corrected chi connectivity index (χ3v) is 3.82. The van der Waals surface area contributed by atoms with E-state index in [0.29, 0.717) is 0 Å². The molecule has 6 nitrogen and oxygen atoms in total. The SMILES string of the molecule is O=C(NC1CC1)C(=O)N[C@H]1CCC[C@H]1n1ccnc1. The average Bonchev–Trinajstić information content (AvgIpc) is 2.90. The van der Waals surface area contributed by atoms with Gasteiger partial charge in [0.1, 0.15) is 0 Å². The standard InChI is InChI=1S/C13H18N4O2/c18-12(15-9-4-5-9)13(19)16-10-2-1-3-11(10)17-7-6-14-8-17/h6-11H,1-5H2,(H,15,18)(H,16,19)/t10-,11+/m0/s1. The van der Waals surface area contributed by atoms with Gasteiger partial charge in [-0.2, -0.15) is 0 Å². The summed E-state index contributed by atoms with van der Waals surface area (Å²) in [5.74, 6) is -1.01. The second kappa shape index (κ2) is 5.03. The van der Waals surface area contributed by atoms with Crippen LogP contribution in [0.4, 0.5) is 0 Å². The molecule has 2 saturated carbocycles. The number of aromatic nitrogens is 2. The van der Waals surface area contributed by atoms with Crippen LogP contribution in [0.1, 0.15) is 38.1 Å². The number of amides is 2. The minimum atomic E-state index is -0.510. The van der Waals surface area contributed by atoms with E-state index in [1.54, 1.807) is 12.5 Å². The van der Waals surface area contributed by atoms with Gasteiger partial charge in [0, 0.05) is 18.4 Å². The fraction of sp³-hybridized carbons (Fsp3) is 0.615. The molecule has 2 fully saturated rings. The lowest BCUT2D eigenvalue weighted by Gasteiger charge is -2.21. The zero-order chi connectivity index (χ0) is 13.2. The van der Waals surface area contributed by atoms with Crippen LogP contribution in [0, 0.1) is 0 Å². The molecule has 0 saturated heterocycles. The Hall–Kier alpha value is -1.85. The van der Waals surface area contributed by atoms with E-state index in [-0.39, 0.29) is 18.1 Å². The third kappa shape index (κ3) is 2.77. The van der Waals surface area contributed by atoms with Crippen LogP contribution in [0.15, 0.2) is 18.7 Å². The molecule has 2 N–H and O–H groups in total. The summed E-state index contributed by atoms with van der Waals surface area (Å²) in [4.78, 5) is 27.5. The van der Waals surface area contributed by atoms with Gasteiger partial charge in [0.05, 0.1) is 18.4 Å². The summed E-state index contributed by atoms with van der Waals surface area (Å²) in [6.07, 6.45) is 10.3. The summed E-state index contributed by atoms with van der Waals surface area (Å²) in [5, 5.41) is 5.56. The Morgan fingerprint density at radius 1 is 1.11 bits per heavy atom. The van der Waals surface area contributed by atoms with Gasteiger partial charge in [0.2, 0.25) is 0 Å². The topological polar surface area (TPSA) is 76.0 Å². The number of nitrogens with zero attached hydrogens (tertiary/aromatic N) is 2. The van der Waals surface area contributed by atoms with Crippen molar-refractivity contribution in [3.05, 3.63) is 18.7 Å². The number of carbonyl (C=O) groups is 2. The van der Waals surface area contributed by atoms with E-state index in [9.17, 15) is 9.59 Å². The van der Waals surface area contributed by atoms with Gasteiger partial charge in [-0.05, 0) is 32.1 Å². The number of carbonyl (C=O) groups excluding carboxylic acids is 2. The van der Waals surface area contributed by atoms with E-state index in [2.05, 4.69) is 15.6 Å². The molecule has 0 aliphatic heterocycles. The first-order chi connectivity index (χ1) is 9.24. The van der Waals surface area contributed by atoms with E-state index >= 15 is 0 Å². The molecule has 102 valence electrons. The number of nitrogens with one attached hydrogen (secondary N) is 2. The first kappa shape index (κ1) is 12.2. The molecule has 0 aromatic carbocycles. The zero-order valence-corrected chi connectivity index (χ0v) is 10.7. The van der Waals surface area contributed by atoms with Crippen LogP contribution < -0.4 is 10.6 Å². The highest BCUT2D eigenvalue weighted by Gasteiger charge is 2.32. The summed E-state index contributed by atoms with van der Waals surface area (Å²) in [6.45, 7) is 0. The molecule has 2 aliphatic rings. The second-order valence-corrected chi connectivity index (χ2v) is 5.34. The Kier molecular flexibility index (Phi) is 3.23. The summed E-state index contributed by atoms with van der Waals surface area (Å²) >= 11 is 0. The largest absolute Gasteiger partial charge is 0.345 e. The molecule has 1 aromatic rings. The molecule has 6 heteroatoms. The van der Waals surface area contributed by atoms with Crippen LogP contribution in [0.5, 0.6) is 0 Å². The molecule has 1 aromatic heterocycles. The van der Waals surface area contributed by atoms with Crippen molar-refractivity contribution in [3.63, 3.8) is 0 Å². The van der Waals surface area contributed by atoms with E-state index < -0.39 is 11.8 Å². The Balaban J connectivity index is 1.58. The molecular weight excluding hydrogens is 244 g/mol. The summed E-state index contributed by atoms with van der Waals surface area (Å²) in [6, 6.07) is 0.443. The van der Waals surface area contributed by atoms with Gasteiger partial charge in [-0.15, -0.1) is 0 Å². The quantitative estimate of drug-likeness (QED) is 0.773. The van der Waals surface area contributed by atoms with Crippen molar-refractivity contribution in [3.8, 4) is 0 Å². The van der Waals surface area contributed by atoms with Crippen molar-refractivity contribution in [2.75, 3.05) is 0 Å². The van der Waals surface area contributed by atoms with Gasteiger partial charge in [-0.25, -0.2) is 4.98 Å². The molecular formula is C13H18N4O2. The molecule has 3 rings (SSSR count). The number of imidazole rings is 1. The minimum absolute atomic E-state index is 0.0200. The smallest absolute Gasteiger partial charge is 0.309 e. The fourth-order valence-electron chi connectivity index (χ4n) is 2.64. The number of hydrogen-bond donors (Lipinski definition) is 2. The van der Waals surface area contributed by atoms with Crippen molar-refractivity contribution in [2.45, 2.75) is 50.2 Å². The van der Waals surface area contributed by atoms with E-state index in [0.717, 1.165) is 32.1 Å². The van der Waals surface area contributed by atoms with Crippen LogP contribution >= 0.6 is 0 Å². The highest BCUT2D eigenvalue weighted by atomic mass is 16.2. The van der Waals surface area contributed by atoms with Crippen molar-refractivity contribution < 1.29 is 9.59 Å². The first-order valence-electron chi connectivity index (χ1n) is 6.83. The van der Waals surface area contributed by atoms with Crippen molar-refractivity contribution >= 4 is 11.8 Å². The Morgan fingerprint density at radius 2 is 1.89 bits per heavy atom. The molecule has 19 heavy (non-hydrogen) atoms. The maximum atomic E-state index is 11.8. The van der Waals surface area contributed by atoms with Gasteiger partial charge in [-0.1, -0.05) is 0 Å². The molecule has 0 radical (unpaired) electrons. The highest BCUT2D eigenvalue weighted by Crippen LogP contribution is 2.29. The van der Waals surface area contributed by atoms with Crippen molar-refractivity contribution in [1.29, 1.82) is 0 Å². The molecule has 0 spiro atoms. The van der Waals surface area contributed by atoms with E-state index in [1.807, 2.05) is 10.8 Å². The van der Waals surface area contributed by atoms with Crippen LogP contribution in [0.2, 0.25) is 0 Å². The molecule has 0 unspecified atom stereocenters. The van der Waals surface area contributed by atoms with Gasteiger partial charge < -0.3 is 15.2 Å². The lowest BCUT2D eigenvalue weighted by molar-refractivity contribution is -0.139. The van der Waals surface area contributed by atoms with E-state index in [1.165, 1.54) is 0 Å². The number of hydrogen-bond acceptors (Lipinski definition) is 3. The lowest BCUT2D eigenvalue weighted by atomic mass is 10.1. The van der Waals surface area contributed by atoms with Crippen LogP contribution in [0.25, 0.3) is 0 Å². The Labute approximate surface area is 111 Å². The van der Waals surface area contributed by atoms with Gasteiger partial charge in [0.25, 0.3) is 0 Å². The van der Waals surface area contributed by atoms with Gasteiger partial charge in [-0.3, -0.25) is 9.59 Å². The van der Waals surface area contributed by atoms with Gasteiger partial charge in [0.15, 0.2) is 0 Å². The predicted molar refractivity (Wildman–Crippen MR) is 68.2 cm³/mol. The van der Waals surface area contributed by atoms with E-state index in [4.69, 9.17) is 0 Å². The molecule has 2 atom stereocenters. The normalized spacial score (nSPS) is 26.1. The predicted octanol–water partition coefficient (Wildman–Crippen LogP) is 0.371. The van der Waals surface area contributed by atoms with Crippen molar-refractivity contribution in [2.24, 2.45) is 0 Å². The molecule has 1 heterocycles. The zero-order valence-electron chi connectivity index (χ0n) is 10.7. The first-order valence-corrected chi connectivity index (χ1v) is 6.83. The monoisotopic (exact) mass is 262 g/mol. The second-order valence-electron chi connectivity index (χ2n) is 5.34. The molecule has 2 aliphatic carbocycles. The Bertz CT molecular complexity index is 467. The summed E-state index contributed by atoms with van der Waals surface area (Å²) < 4.78 is 2.01. The van der Waals surface area contributed by atoms with Crippen LogP contribution in [0.3, 0.4) is 0 Å². The minimum Gasteiger partial charge on any atom is -0.345 e. The lowest BCUT2D eigenvalue weighted by Crippen LogP contribution is -2.46. The van der Waals surface area contributed by atoms with Crippen molar-refractivity contribution in [1.82, 2.24) is 20.2 Å². The average molecular weight is 262 g/mol. The summed E-state index contributed by atoms with van der Waals surface area (Å²) in [7, 11) is 0. The van der Waals surface area contributed by atoms with Crippen LogP contribution in [-0.2, 0) is 9.59 Å². The maximum Gasteiger partial charge on any atom is 0.309 e. The fourth-order valence-corrected chi connectivity index (χ4v) is 2.64. The molecule has 0 bridgehead atoms. The molecule has 2 amide bonds. The summed E-state index contributed by atoms with van der Waals surface area (Å²) in [5.41, 5.74) is 0. The highest BCUT2D eigenvalue weighted by molar-refractivity contribution is 6.35. The van der Waals surface area contributed by atoms with Gasteiger partial charge >= 0.3 is 11.8 Å². The Morgan fingerprint density at radius 3 is 2.58 bits per heavy atom.